The van der Waals surface area contributed by atoms with Gasteiger partial charge in [0.15, 0.2) is 0 Å². The Kier molecular flexibility index (Phi) is 4.69. The van der Waals surface area contributed by atoms with E-state index in [2.05, 4.69) is 47.9 Å². The number of fused-ring (bicyclic) bond motifs is 5. The Morgan fingerprint density at radius 3 is 2.10 bits per heavy atom. The molecule has 30 heavy (non-hydrogen) atoms. The zero-order valence-electron chi connectivity index (χ0n) is 18.4. The standard InChI is InChI=1S/C26H34N2O2/c1-17-5-3-7-23(17)27-13-19-9-10-20-21(26(19)30-16-27)11-12-25-22(20)14-28(15-29-25)24-8-4-6-18(24)2/h9-12,17-18,23-24H,3-8,13-16H2,1-2H3/t17-,18-,23-,24-/m1/s1. The molecule has 2 aliphatic heterocycles. The summed E-state index contributed by atoms with van der Waals surface area (Å²) in [5.41, 5.74) is 2.68. The molecule has 2 aromatic rings. The summed E-state index contributed by atoms with van der Waals surface area (Å²) < 4.78 is 12.6. The predicted molar refractivity (Wildman–Crippen MR) is 120 cm³/mol. The van der Waals surface area contributed by atoms with Crippen LogP contribution < -0.4 is 9.47 Å². The first-order valence-electron chi connectivity index (χ1n) is 12.0. The van der Waals surface area contributed by atoms with Gasteiger partial charge in [0.2, 0.25) is 0 Å². The smallest absolute Gasteiger partial charge is 0.142 e. The van der Waals surface area contributed by atoms with E-state index in [9.17, 15) is 0 Å². The van der Waals surface area contributed by atoms with E-state index in [0.29, 0.717) is 12.1 Å². The fraction of sp³-hybridized carbons (Fsp3) is 0.615. The molecule has 0 radical (unpaired) electrons. The first-order chi connectivity index (χ1) is 14.7. The van der Waals surface area contributed by atoms with Crippen LogP contribution in [0.4, 0.5) is 0 Å². The molecule has 6 rings (SSSR count). The predicted octanol–water partition coefficient (Wildman–Crippen LogP) is 5.52. The zero-order chi connectivity index (χ0) is 20.2. The van der Waals surface area contributed by atoms with Crippen molar-refractivity contribution in [3.8, 4) is 11.5 Å². The Balaban J connectivity index is 1.32. The third-order valence-electron chi connectivity index (χ3n) is 8.37. The average molecular weight is 407 g/mol. The van der Waals surface area contributed by atoms with Crippen LogP contribution in [0.5, 0.6) is 11.5 Å². The second kappa shape index (κ2) is 7.42. The van der Waals surface area contributed by atoms with Crippen LogP contribution in [0.3, 0.4) is 0 Å². The van der Waals surface area contributed by atoms with E-state index < -0.39 is 0 Å². The van der Waals surface area contributed by atoms with Crippen molar-refractivity contribution in [1.82, 2.24) is 9.80 Å². The molecular weight excluding hydrogens is 372 g/mol. The van der Waals surface area contributed by atoms with Gasteiger partial charge in [0.1, 0.15) is 25.0 Å². The zero-order valence-corrected chi connectivity index (χ0v) is 18.4. The van der Waals surface area contributed by atoms with Crippen molar-refractivity contribution in [2.75, 3.05) is 13.5 Å². The van der Waals surface area contributed by atoms with Gasteiger partial charge in [0.25, 0.3) is 0 Å². The summed E-state index contributed by atoms with van der Waals surface area (Å²) in [6.45, 7) is 8.25. The highest BCUT2D eigenvalue weighted by Gasteiger charge is 2.34. The summed E-state index contributed by atoms with van der Waals surface area (Å²) in [6.07, 6.45) is 8.03. The van der Waals surface area contributed by atoms with Crippen molar-refractivity contribution in [2.24, 2.45) is 11.8 Å². The van der Waals surface area contributed by atoms with E-state index >= 15 is 0 Å². The molecule has 2 aromatic carbocycles. The van der Waals surface area contributed by atoms with Crippen LogP contribution >= 0.6 is 0 Å². The van der Waals surface area contributed by atoms with Gasteiger partial charge in [-0.15, -0.1) is 0 Å². The van der Waals surface area contributed by atoms with Gasteiger partial charge < -0.3 is 9.47 Å². The van der Waals surface area contributed by atoms with Crippen LogP contribution in [0.1, 0.15) is 63.5 Å². The molecule has 0 saturated heterocycles. The highest BCUT2D eigenvalue weighted by molar-refractivity contribution is 5.94. The lowest BCUT2D eigenvalue weighted by Gasteiger charge is -2.37. The van der Waals surface area contributed by atoms with Gasteiger partial charge in [-0.3, -0.25) is 9.80 Å². The summed E-state index contributed by atoms with van der Waals surface area (Å²) in [5.74, 6) is 3.71. The monoisotopic (exact) mass is 406 g/mol. The lowest BCUT2D eigenvalue weighted by atomic mass is 9.96. The first-order valence-corrected chi connectivity index (χ1v) is 12.0. The van der Waals surface area contributed by atoms with Crippen LogP contribution in [0.25, 0.3) is 10.8 Å². The Hall–Kier alpha value is -1.78. The first kappa shape index (κ1) is 18.9. The molecule has 4 atom stereocenters. The third-order valence-corrected chi connectivity index (χ3v) is 8.37. The fourth-order valence-corrected chi connectivity index (χ4v) is 6.63. The molecular formula is C26H34N2O2. The Morgan fingerprint density at radius 2 is 1.40 bits per heavy atom. The van der Waals surface area contributed by atoms with Crippen LogP contribution in [0.2, 0.25) is 0 Å². The van der Waals surface area contributed by atoms with E-state index in [0.717, 1.165) is 49.9 Å². The van der Waals surface area contributed by atoms with Crippen molar-refractivity contribution >= 4 is 10.8 Å². The van der Waals surface area contributed by atoms with Crippen LogP contribution in [-0.2, 0) is 13.1 Å². The van der Waals surface area contributed by atoms with E-state index in [-0.39, 0.29) is 0 Å². The van der Waals surface area contributed by atoms with Gasteiger partial charge >= 0.3 is 0 Å². The molecule has 0 bridgehead atoms. The summed E-state index contributed by atoms with van der Waals surface area (Å²) in [6, 6.07) is 10.3. The third kappa shape index (κ3) is 3.03. The maximum atomic E-state index is 6.42. The molecule has 2 fully saturated rings. The molecule has 2 saturated carbocycles. The Labute approximate surface area is 180 Å². The van der Waals surface area contributed by atoms with Gasteiger partial charge in [-0.1, -0.05) is 38.8 Å². The Bertz CT molecular complexity index is 958. The molecule has 4 aliphatic rings. The topological polar surface area (TPSA) is 24.9 Å². The second-order valence-electron chi connectivity index (χ2n) is 10.2. The average Bonchev–Trinajstić information content (AvgIpc) is 3.40. The van der Waals surface area contributed by atoms with Crippen LogP contribution in [0, 0.1) is 11.8 Å². The maximum absolute atomic E-state index is 6.42. The highest BCUT2D eigenvalue weighted by Crippen LogP contribution is 2.42. The number of rotatable bonds is 2. The number of ether oxygens (including phenoxy) is 2. The largest absolute Gasteiger partial charge is 0.478 e. The molecule has 160 valence electrons. The van der Waals surface area contributed by atoms with Gasteiger partial charge in [-0.25, -0.2) is 0 Å². The van der Waals surface area contributed by atoms with Gasteiger partial charge in [0, 0.05) is 41.7 Å². The summed E-state index contributed by atoms with van der Waals surface area (Å²) >= 11 is 0. The molecule has 4 nitrogen and oxygen atoms in total. The molecule has 4 heteroatoms. The number of benzene rings is 2. The van der Waals surface area contributed by atoms with Gasteiger partial charge in [-0.2, -0.15) is 0 Å². The lowest BCUT2D eigenvalue weighted by molar-refractivity contribution is 0.0430. The van der Waals surface area contributed by atoms with Crippen LogP contribution in [0.15, 0.2) is 24.3 Å². The highest BCUT2D eigenvalue weighted by atomic mass is 16.5. The molecule has 0 amide bonds. The minimum absolute atomic E-state index is 0.657. The van der Waals surface area contributed by atoms with Gasteiger partial charge in [0.05, 0.1) is 0 Å². The van der Waals surface area contributed by atoms with E-state index in [1.54, 1.807) is 0 Å². The van der Waals surface area contributed by atoms with Crippen molar-refractivity contribution in [3.63, 3.8) is 0 Å². The minimum atomic E-state index is 0.657. The molecule has 0 N–H and O–H groups in total. The lowest BCUT2D eigenvalue weighted by Crippen LogP contribution is -2.42. The molecule has 0 spiro atoms. The summed E-state index contributed by atoms with van der Waals surface area (Å²) in [4.78, 5) is 5.11. The normalized spacial score (nSPS) is 31.9. The minimum Gasteiger partial charge on any atom is -0.478 e. The summed E-state index contributed by atoms with van der Waals surface area (Å²) in [5, 5.41) is 2.57. The second-order valence-corrected chi connectivity index (χ2v) is 10.2. The number of nitrogens with zero attached hydrogens (tertiary/aromatic N) is 2. The molecule has 2 aliphatic carbocycles. The van der Waals surface area contributed by atoms with Crippen molar-refractivity contribution < 1.29 is 9.47 Å². The molecule has 0 aromatic heterocycles. The SMILES string of the molecule is C[C@@H]1CCC[C@H]1N1COc2c(ccc3c4c(ccc23)OCN([C@@H]2CCC[C@H]2C)C4)C1. The molecule has 0 unspecified atom stereocenters. The maximum Gasteiger partial charge on any atom is 0.142 e. The Morgan fingerprint density at radius 1 is 0.733 bits per heavy atom. The number of hydrogen-bond acceptors (Lipinski definition) is 4. The summed E-state index contributed by atoms with van der Waals surface area (Å²) in [7, 11) is 0. The molecule has 2 heterocycles. The number of hydrogen-bond donors (Lipinski definition) is 0. The van der Waals surface area contributed by atoms with Crippen LogP contribution in [-0.4, -0.2) is 35.3 Å². The van der Waals surface area contributed by atoms with E-state index in [1.165, 1.54) is 60.4 Å². The van der Waals surface area contributed by atoms with E-state index in [4.69, 9.17) is 9.47 Å². The fourth-order valence-electron chi connectivity index (χ4n) is 6.63. The quantitative estimate of drug-likeness (QED) is 0.655. The van der Waals surface area contributed by atoms with Crippen molar-refractivity contribution in [1.29, 1.82) is 0 Å². The van der Waals surface area contributed by atoms with Gasteiger partial charge in [-0.05, 0) is 55.0 Å². The van der Waals surface area contributed by atoms with Crippen molar-refractivity contribution in [2.45, 2.75) is 77.5 Å². The van der Waals surface area contributed by atoms with Crippen molar-refractivity contribution in [3.05, 3.63) is 35.4 Å². The van der Waals surface area contributed by atoms with E-state index in [1.807, 2.05) is 0 Å².